The van der Waals surface area contributed by atoms with E-state index in [1.54, 1.807) is 0 Å². The molecular weight excluding hydrogens is 274 g/mol. The van der Waals surface area contributed by atoms with Gasteiger partial charge in [0.1, 0.15) is 12.2 Å². The smallest absolute Gasteiger partial charge is 0.110 e. The van der Waals surface area contributed by atoms with Crippen LogP contribution in [0.25, 0.3) is 5.57 Å². The first-order valence-corrected chi connectivity index (χ1v) is 7.63. The molecule has 2 atom stereocenters. The second-order valence-electron chi connectivity index (χ2n) is 5.57. The molecule has 0 heterocycles. The first-order valence-electron chi connectivity index (χ1n) is 7.63. The van der Waals surface area contributed by atoms with Gasteiger partial charge in [-0.25, -0.2) is 0 Å². The van der Waals surface area contributed by atoms with Crippen molar-refractivity contribution in [1.29, 1.82) is 0 Å². The molecule has 0 aliphatic heterocycles. The van der Waals surface area contributed by atoms with E-state index in [0.29, 0.717) is 0 Å². The molecule has 114 valence electrons. The number of hydrogen-bond acceptors (Lipinski definition) is 3. The summed E-state index contributed by atoms with van der Waals surface area (Å²) in [5.74, 6) is 0. The molecule has 0 unspecified atom stereocenters. The van der Waals surface area contributed by atoms with Crippen LogP contribution in [0.5, 0.6) is 0 Å². The van der Waals surface area contributed by atoms with Crippen LogP contribution < -0.4 is 5.32 Å². The molecule has 0 spiro atoms. The van der Waals surface area contributed by atoms with E-state index in [2.05, 4.69) is 11.4 Å². The molecule has 0 amide bonds. The third kappa shape index (κ3) is 2.59. The van der Waals surface area contributed by atoms with E-state index < -0.39 is 12.2 Å². The molecule has 0 bridgehead atoms. The third-order valence-electron chi connectivity index (χ3n) is 4.18. The number of aliphatic hydroxyl groups excluding tert-OH is 2. The monoisotopic (exact) mass is 295 g/mol. The van der Waals surface area contributed by atoms with Gasteiger partial charge in [0.15, 0.2) is 0 Å². The molecule has 0 saturated heterocycles. The SMILES string of the molecule is CNCCC=C1c2ccccc2[C@@H](O)[C@@H](O)c2ccccc21. The zero-order valence-corrected chi connectivity index (χ0v) is 12.7. The largest absolute Gasteiger partial charge is 0.385 e. The normalized spacial score (nSPS) is 22.0. The fourth-order valence-electron chi connectivity index (χ4n) is 3.07. The van der Waals surface area contributed by atoms with Crippen molar-refractivity contribution in [2.24, 2.45) is 0 Å². The molecule has 1 aliphatic carbocycles. The number of nitrogens with one attached hydrogen (secondary N) is 1. The Labute approximate surface area is 130 Å². The highest BCUT2D eigenvalue weighted by Crippen LogP contribution is 2.42. The predicted octanol–water partition coefficient (Wildman–Crippen LogP) is 2.81. The Morgan fingerprint density at radius 3 is 1.91 bits per heavy atom. The van der Waals surface area contributed by atoms with Crippen LogP contribution in [0.15, 0.2) is 54.6 Å². The Balaban J connectivity index is 2.21. The average Bonchev–Trinajstić information content (AvgIpc) is 2.65. The summed E-state index contributed by atoms with van der Waals surface area (Å²) in [6.45, 7) is 0.888. The molecule has 22 heavy (non-hydrogen) atoms. The Bertz CT molecular complexity index is 640. The van der Waals surface area contributed by atoms with E-state index in [4.69, 9.17) is 0 Å². The molecule has 0 radical (unpaired) electrons. The fourth-order valence-corrected chi connectivity index (χ4v) is 3.07. The summed E-state index contributed by atoms with van der Waals surface area (Å²) in [6.07, 6.45) is 1.25. The Kier molecular flexibility index (Phi) is 4.39. The maximum atomic E-state index is 10.6. The van der Waals surface area contributed by atoms with Gasteiger partial charge in [0.05, 0.1) is 0 Å². The number of rotatable bonds is 3. The van der Waals surface area contributed by atoms with Crippen LogP contribution in [0.1, 0.15) is 40.9 Å². The third-order valence-corrected chi connectivity index (χ3v) is 4.18. The Morgan fingerprint density at radius 2 is 1.41 bits per heavy atom. The van der Waals surface area contributed by atoms with Crippen molar-refractivity contribution in [1.82, 2.24) is 5.32 Å². The van der Waals surface area contributed by atoms with E-state index in [-0.39, 0.29) is 0 Å². The number of hydrogen-bond donors (Lipinski definition) is 3. The van der Waals surface area contributed by atoms with Crippen LogP contribution in [0.3, 0.4) is 0 Å². The maximum absolute atomic E-state index is 10.6. The van der Waals surface area contributed by atoms with E-state index in [9.17, 15) is 10.2 Å². The summed E-state index contributed by atoms with van der Waals surface area (Å²) >= 11 is 0. The molecule has 3 rings (SSSR count). The minimum absolute atomic E-state index is 0.780. The lowest BCUT2D eigenvalue weighted by molar-refractivity contribution is 0.0176. The van der Waals surface area contributed by atoms with Crippen LogP contribution in [-0.2, 0) is 0 Å². The topological polar surface area (TPSA) is 52.5 Å². The molecule has 2 aromatic carbocycles. The highest BCUT2D eigenvalue weighted by atomic mass is 16.3. The van der Waals surface area contributed by atoms with Gasteiger partial charge in [-0.15, -0.1) is 0 Å². The van der Waals surface area contributed by atoms with E-state index in [1.807, 2.05) is 55.6 Å². The molecular formula is C19H21NO2. The quantitative estimate of drug-likeness (QED) is 0.763. The second-order valence-corrected chi connectivity index (χ2v) is 5.57. The first-order chi connectivity index (χ1) is 10.7. The lowest BCUT2D eigenvalue weighted by Gasteiger charge is -2.17. The number of benzene rings is 2. The molecule has 0 fully saturated rings. The Hall–Kier alpha value is -1.94. The minimum Gasteiger partial charge on any atom is -0.385 e. The van der Waals surface area contributed by atoms with Crippen LogP contribution in [0.2, 0.25) is 0 Å². The fraction of sp³-hybridized carbons (Fsp3) is 0.263. The standard InChI is InChI=1S/C19H21NO2/c1-20-12-6-11-13-14-7-2-4-9-16(14)18(21)19(22)17-10-5-3-8-15(13)17/h2-5,7-11,18-22H,6,12H2,1H3/t18-,19+. The summed E-state index contributed by atoms with van der Waals surface area (Å²) < 4.78 is 0. The van der Waals surface area contributed by atoms with Crippen molar-refractivity contribution in [2.45, 2.75) is 18.6 Å². The van der Waals surface area contributed by atoms with Gasteiger partial charge in [-0.2, -0.15) is 0 Å². The van der Waals surface area contributed by atoms with Crippen LogP contribution >= 0.6 is 0 Å². The minimum atomic E-state index is -0.910. The molecule has 3 N–H and O–H groups in total. The van der Waals surface area contributed by atoms with Crippen molar-refractivity contribution in [3.8, 4) is 0 Å². The molecule has 0 aromatic heterocycles. The van der Waals surface area contributed by atoms with E-state index in [1.165, 1.54) is 0 Å². The van der Waals surface area contributed by atoms with Crippen molar-refractivity contribution < 1.29 is 10.2 Å². The maximum Gasteiger partial charge on any atom is 0.110 e. The summed E-state index contributed by atoms with van der Waals surface area (Å²) in [7, 11) is 1.93. The van der Waals surface area contributed by atoms with Crippen LogP contribution in [0, 0.1) is 0 Å². The predicted molar refractivity (Wildman–Crippen MR) is 88.4 cm³/mol. The molecule has 3 nitrogen and oxygen atoms in total. The van der Waals surface area contributed by atoms with Crippen LogP contribution in [-0.4, -0.2) is 23.8 Å². The number of aliphatic hydroxyl groups is 2. The lowest BCUT2D eigenvalue weighted by Crippen LogP contribution is -2.10. The summed E-state index contributed by atoms with van der Waals surface area (Å²) in [5, 5.41) is 24.3. The highest BCUT2D eigenvalue weighted by molar-refractivity contribution is 5.84. The molecule has 0 saturated carbocycles. The second kappa shape index (κ2) is 6.44. The van der Waals surface area contributed by atoms with Crippen molar-refractivity contribution >= 4 is 5.57 Å². The molecule has 3 heteroatoms. The lowest BCUT2D eigenvalue weighted by atomic mass is 9.93. The van der Waals surface area contributed by atoms with Gasteiger partial charge in [0.2, 0.25) is 0 Å². The summed E-state index contributed by atoms with van der Waals surface area (Å²) in [5.41, 5.74) is 4.63. The molecule has 2 aromatic rings. The summed E-state index contributed by atoms with van der Waals surface area (Å²) in [4.78, 5) is 0. The highest BCUT2D eigenvalue weighted by Gasteiger charge is 2.30. The van der Waals surface area contributed by atoms with Gasteiger partial charge < -0.3 is 15.5 Å². The van der Waals surface area contributed by atoms with Crippen molar-refractivity contribution in [3.05, 3.63) is 76.9 Å². The number of fused-ring (bicyclic) bond motifs is 2. The van der Waals surface area contributed by atoms with Gasteiger partial charge in [0.25, 0.3) is 0 Å². The van der Waals surface area contributed by atoms with E-state index in [0.717, 1.165) is 40.8 Å². The van der Waals surface area contributed by atoms with Crippen molar-refractivity contribution in [3.63, 3.8) is 0 Å². The van der Waals surface area contributed by atoms with Crippen molar-refractivity contribution in [2.75, 3.05) is 13.6 Å². The van der Waals surface area contributed by atoms with Crippen LogP contribution in [0.4, 0.5) is 0 Å². The van der Waals surface area contributed by atoms with Gasteiger partial charge in [-0.3, -0.25) is 0 Å². The first kappa shape index (κ1) is 15.0. The van der Waals surface area contributed by atoms with Gasteiger partial charge in [0, 0.05) is 0 Å². The van der Waals surface area contributed by atoms with Gasteiger partial charge in [-0.05, 0) is 47.8 Å². The zero-order chi connectivity index (χ0) is 15.5. The van der Waals surface area contributed by atoms with Gasteiger partial charge in [-0.1, -0.05) is 54.6 Å². The molecule has 1 aliphatic rings. The zero-order valence-electron chi connectivity index (χ0n) is 12.7. The average molecular weight is 295 g/mol. The van der Waals surface area contributed by atoms with E-state index >= 15 is 0 Å². The Morgan fingerprint density at radius 1 is 0.909 bits per heavy atom. The summed E-state index contributed by atoms with van der Waals surface area (Å²) in [6, 6.07) is 15.5. The van der Waals surface area contributed by atoms with Gasteiger partial charge >= 0.3 is 0 Å².